The number of rotatable bonds is 3. The fourth-order valence-corrected chi connectivity index (χ4v) is 1.60. The van der Waals surface area contributed by atoms with E-state index >= 15 is 0 Å². The Hall–Kier alpha value is -1.62. The summed E-state index contributed by atoms with van der Waals surface area (Å²) in [6.45, 7) is 2.81. The summed E-state index contributed by atoms with van der Waals surface area (Å²) in [5.41, 5.74) is 0.746. The minimum absolute atomic E-state index is 0.654. The van der Waals surface area contributed by atoms with Gasteiger partial charge in [0.2, 0.25) is 0 Å². The summed E-state index contributed by atoms with van der Waals surface area (Å²) in [6, 6.07) is 0. The molecule has 1 atom stereocenters. The molecule has 2 heterocycles. The summed E-state index contributed by atoms with van der Waals surface area (Å²) in [5, 5.41) is 10.1. The molecular weight excluding hydrogens is 192 g/mol. The quantitative estimate of drug-likeness (QED) is 0.805. The second-order valence-electron chi connectivity index (χ2n) is 3.40. The topological polar surface area (TPSA) is 55.9 Å². The maximum Gasteiger partial charge on any atom is 0.153 e. The van der Waals surface area contributed by atoms with Gasteiger partial charge in [-0.3, -0.25) is 0 Å². The van der Waals surface area contributed by atoms with Gasteiger partial charge in [0.15, 0.2) is 6.10 Å². The Labute approximate surface area is 88.0 Å². The maximum atomic E-state index is 10.1. The number of aromatic nitrogens is 4. The van der Waals surface area contributed by atoms with Crippen LogP contribution in [0, 0.1) is 0 Å². The van der Waals surface area contributed by atoms with Crippen LogP contribution in [0.25, 0.3) is 0 Å². The van der Waals surface area contributed by atoms with Crippen LogP contribution >= 0.6 is 0 Å². The van der Waals surface area contributed by atoms with E-state index in [0.29, 0.717) is 5.82 Å². The lowest BCUT2D eigenvalue weighted by Gasteiger charge is -2.12. The third-order valence-corrected chi connectivity index (χ3v) is 2.47. The van der Waals surface area contributed by atoms with Gasteiger partial charge in [-0.25, -0.2) is 9.97 Å². The summed E-state index contributed by atoms with van der Waals surface area (Å²) < 4.78 is 3.71. The molecule has 0 fully saturated rings. The Bertz CT molecular complexity index is 446. The first kappa shape index (κ1) is 9.92. The number of aliphatic hydroxyl groups excluding tert-OH is 1. The first-order valence-electron chi connectivity index (χ1n) is 4.89. The highest BCUT2D eigenvalue weighted by Crippen LogP contribution is 2.19. The van der Waals surface area contributed by atoms with Crippen LogP contribution in [0.2, 0.25) is 0 Å². The molecule has 0 saturated heterocycles. The third kappa shape index (κ3) is 1.66. The van der Waals surface area contributed by atoms with Crippen molar-refractivity contribution in [2.24, 2.45) is 7.05 Å². The van der Waals surface area contributed by atoms with Crippen molar-refractivity contribution < 1.29 is 5.11 Å². The zero-order chi connectivity index (χ0) is 10.8. The second kappa shape index (κ2) is 3.86. The summed E-state index contributed by atoms with van der Waals surface area (Å²) in [5.74, 6) is 0.654. The first-order chi connectivity index (χ1) is 7.24. The average molecular weight is 206 g/mol. The Morgan fingerprint density at radius 1 is 1.53 bits per heavy atom. The van der Waals surface area contributed by atoms with Gasteiger partial charge in [-0.1, -0.05) is 0 Å². The molecule has 0 bridgehead atoms. The molecule has 5 heteroatoms. The number of imidazole rings is 2. The smallest absolute Gasteiger partial charge is 0.153 e. The van der Waals surface area contributed by atoms with Crippen molar-refractivity contribution in [2.45, 2.75) is 19.6 Å². The molecule has 0 aliphatic carbocycles. The van der Waals surface area contributed by atoms with Crippen molar-refractivity contribution in [3.8, 4) is 0 Å². The molecule has 0 spiro atoms. The molecule has 80 valence electrons. The monoisotopic (exact) mass is 206 g/mol. The van der Waals surface area contributed by atoms with Gasteiger partial charge in [0.25, 0.3) is 0 Å². The molecule has 0 radical (unpaired) electrons. The molecular formula is C10H14N4O. The van der Waals surface area contributed by atoms with Gasteiger partial charge in [-0.2, -0.15) is 0 Å². The highest BCUT2D eigenvalue weighted by molar-refractivity contribution is 5.13. The largest absolute Gasteiger partial charge is 0.379 e. The minimum atomic E-state index is -0.715. The van der Waals surface area contributed by atoms with Crippen LogP contribution in [0.1, 0.15) is 24.5 Å². The Morgan fingerprint density at radius 2 is 2.33 bits per heavy atom. The molecule has 0 saturated carbocycles. The molecule has 15 heavy (non-hydrogen) atoms. The van der Waals surface area contributed by atoms with E-state index < -0.39 is 6.10 Å². The minimum Gasteiger partial charge on any atom is -0.379 e. The van der Waals surface area contributed by atoms with Crippen molar-refractivity contribution in [1.29, 1.82) is 0 Å². The van der Waals surface area contributed by atoms with Gasteiger partial charge >= 0.3 is 0 Å². The lowest BCUT2D eigenvalue weighted by molar-refractivity contribution is 0.196. The van der Waals surface area contributed by atoms with E-state index in [0.717, 1.165) is 12.2 Å². The van der Waals surface area contributed by atoms with Gasteiger partial charge in [0.05, 0.1) is 18.2 Å². The molecule has 1 unspecified atom stereocenters. The molecule has 0 aliphatic heterocycles. The van der Waals surface area contributed by atoms with E-state index in [1.165, 1.54) is 0 Å². The first-order valence-corrected chi connectivity index (χ1v) is 4.89. The molecule has 2 rings (SSSR count). The van der Waals surface area contributed by atoms with Crippen molar-refractivity contribution in [3.63, 3.8) is 0 Å². The summed E-state index contributed by atoms with van der Waals surface area (Å²) in [6.07, 6.45) is 6.15. The van der Waals surface area contributed by atoms with Gasteiger partial charge in [-0.15, -0.1) is 0 Å². The van der Waals surface area contributed by atoms with Gasteiger partial charge in [-0.05, 0) is 6.92 Å². The fourth-order valence-electron chi connectivity index (χ4n) is 1.60. The van der Waals surface area contributed by atoms with Gasteiger partial charge in [0.1, 0.15) is 5.82 Å². The standard InChI is InChI=1S/C10H14N4O/c1-3-14-5-4-12-10(14)9(15)8-6-11-7-13(8)2/h4-7,9,15H,3H2,1-2H3. The van der Waals surface area contributed by atoms with Crippen molar-refractivity contribution in [2.75, 3.05) is 0 Å². The third-order valence-electron chi connectivity index (χ3n) is 2.47. The van der Waals surface area contributed by atoms with Crippen LogP contribution < -0.4 is 0 Å². The number of aliphatic hydroxyl groups is 1. The maximum absolute atomic E-state index is 10.1. The van der Waals surface area contributed by atoms with E-state index in [2.05, 4.69) is 9.97 Å². The van der Waals surface area contributed by atoms with E-state index in [1.807, 2.05) is 24.7 Å². The Balaban J connectivity index is 2.36. The molecule has 5 nitrogen and oxygen atoms in total. The lowest BCUT2D eigenvalue weighted by atomic mass is 10.2. The normalized spacial score (nSPS) is 13.0. The average Bonchev–Trinajstić information content (AvgIpc) is 2.84. The Morgan fingerprint density at radius 3 is 2.93 bits per heavy atom. The highest BCUT2D eigenvalue weighted by atomic mass is 16.3. The van der Waals surface area contributed by atoms with Crippen LogP contribution in [0.15, 0.2) is 24.9 Å². The van der Waals surface area contributed by atoms with Gasteiger partial charge < -0.3 is 14.2 Å². The summed E-state index contributed by atoms with van der Waals surface area (Å²) in [4.78, 5) is 8.13. The zero-order valence-electron chi connectivity index (χ0n) is 8.83. The van der Waals surface area contributed by atoms with Crippen LogP contribution in [0.3, 0.4) is 0 Å². The van der Waals surface area contributed by atoms with Crippen LogP contribution in [0.4, 0.5) is 0 Å². The molecule has 0 amide bonds. The van der Waals surface area contributed by atoms with Crippen molar-refractivity contribution >= 4 is 0 Å². The van der Waals surface area contributed by atoms with Gasteiger partial charge in [0, 0.05) is 26.0 Å². The van der Waals surface area contributed by atoms with Crippen molar-refractivity contribution in [3.05, 3.63) is 36.4 Å². The molecule has 0 aromatic carbocycles. The number of nitrogens with zero attached hydrogens (tertiary/aromatic N) is 4. The van der Waals surface area contributed by atoms with Crippen molar-refractivity contribution in [1.82, 2.24) is 19.1 Å². The predicted octanol–water partition coefficient (Wildman–Crippen LogP) is 0.718. The molecule has 1 N–H and O–H groups in total. The van der Waals surface area contributed by atoms with Crippen LogP contribution in [-0.4, -0.2) is 24.2 Å². The predicted molar refractivity (Wildman–Crippen MR) is 55.2 cm³/mol. The molecule has 2 aromatic heterocycles. The zero-order valence-corrected chi connectivity index (χ0v) is 8.83. The van der Waals surface area contributed by atoms with Crippen LogP contribution in [-0.2, 0) is 13.6 Å². The molecule has 0 aliphatic rings. The van der Waals surface area contributed by atoms with E-state index in [1.54, 1.807) is 23.3 Å². The summed E-state index contributed by atoms with van der Waals surface area (Å²) in [7, 11) is 1.85. The van der Waals surface area contributed by atoms with Crippen LogP contribution in [0.5, 0.6) is 0 Å². The van der Waals surface area contributed by atoms with E-state index in [-0.39, 0.29) is 0 Å². The Kier molecular flexibility index (Phi) is 2.55. The lowest BCUT2D eigenvalue weighted by Crippen LogP contribution is -2.11. The molecule has 2 aromatic rings. The fraction of sp³-hybridized carbons (Fsp3) is 0.400. The van der Waals surface area contributed by atoms with E-state index in [9.17, 15) is 5.11 Å². The SMILES string of the molecule is CCn1ccnc1C(O)c1cncn1C. The number of hydrogen-bond acceptors (Lipinski definition) is 3. The number of hydrogen-bond donors (Lipinski definition) is 1. The number of aryl methyl sites for hydroxylation is 2. The second-order valence-corrected chi connectivity index (χ2v) is 3.40. The highest BCUT2D eigenvalue weighted by Gasteiger charge is 2.18. The van der Waals surface area contributed by atoms with E-state index in [4.69, 9.17) is 0 Å². The summed E-state index contributed by atoms with van der Waals surface area (Å²) >= 11 is 0.